The molecule has 0 unspecified atom stereocenters. The van der Waals surface area contributed by atoms with Gasteiger partial charge in [0.25, 0.3) is 9.84 Å². The fourth-order valence-electron chi connectivity index (χ4n) is 1.19. The van der Waals surface area contributed by atoms with E-state index in [0.29, 0.717) is 6.07 Å². The molecule has 0 aliphatic heterocycles. The maximum absolute atomic E-state index is 12.4. The third-order valence-corrected chi connectivity index (χ3v) is 4.65. The highest BCUT2D eigenvalue weighted by atomic mass is 35.5. The van der Waals surface area contributed by atoms with Gasteiger partial charge in [0.1, 0.15) is 0 Å². The van der Waals surface area contributed by atoms with Gasteiger partial charge in [0, 0.05) is 0 Å². The van der Waals surface area contributed by atoms with Crippen LogP contribution in [0.2, 0.25) is 5.02 Å². The average molecular weight is 358 g/mol. The lowest BCUT2D eigenvalue weighted by Gasteiger charge is -2.10. The molecule has 1 aromatic rings. The number of benzene rings is 1. The number of nitrogens with one attached hydrogen (secondary N) is 1. The Labute approximate surface area is 127 Å². The number of aliphatic imine (C=N–C) groups is 1. The number of hydrogen-bond donors (Lipinski definition) is 1. The lowest BCUT2D eigenvalue weighted by atomic mass is 10.3. The number of alkyl halides is 3. The number of nitrogens with zero attached hydrogens (tertiary/aromatic N) is 2. The second kappa shape index (κ2) is 6.55. The molecule has 0 aromatic heterocycles. The summed E-state index contributed by atoms with van der Waals surface area (Å²) in [5.41, 5.74) is -5.33. The van der Waals surface area contributed by atoms with Gasteiger partial charge in [-0.3, -0.25) is 5.32 Å². The van der Waals surface area contributed by atoms with Crippen molar-refractivity contribution in [3.63, 3.8) is 0 Å². The van der Waals surface area contributed by atoms with Crippen molar-refractivity contribution < 1.29 is 21.6 Å². The van der Waals surface area contributed by atoms with E-state index in [4.69, 9.17) is 16.9 Å². The van der Waals surface area contributed by atoms with Crippen LogP contribution in [0.5, 0.6) is 0 Å². The molecule has 0 saturated carbocycles. The summed E-state index contributed by atoms with van der Waals surface area (Å²) in [5, 5.41) is 10.3. The van der Waals surface area contributed by atoms with E-state index >= 15 is 0 Å². The smallest absolute Gasteiger partial charge is 0.271 e. The lowest BCUT2D eigenvalue weighted by Crippen LogP contribution is -2.23. The Balaban J connectivity index is 3.28. The molecule has 1 N–H and O–H groups in total. The summed E-state index contributed by atoms with van der Waals surface area (Å²) in [5.74, 6) is 0. The van der Waals surface area contributed by atoms with Crippen LogP contribution >= 0.6 is 23.4 Å². The zero-order chi connectivity index (χ0) is 16.3. The van der Waals surface area contributed by atoms with Crippen LogP contribution in [0, 0.1) is 11.5 Å². The molecule has 0 saturated heterocycles. The summed E-state index contributed by atoms with van der Waals surface area (Å²) in [7, 11) is -5.52. The van der Waals surface area contributed by atoms with Crippen molar-refractivity contribution >= 4 is 44.1 Å². The average Bonchev–Trinajstić information content (AvgIpc) is 2.36. The molecular formula is C10H7ClF3N3O2S2. The molecule has 0 spiro atoms. The highest BCUT2D eigenvalue weighted by molar-refractivity contribution is 8.13. The zero-order valence-electron chi connectivity index (χ0n) is 10.3. The van der Waals surface area contributed by atoms with Gasteiger partial charge >= 0.3 is 5.51 Å². The van der Waals surface area contributed by atoms with Crippen molar-refractivity contribution in [3.05, 3.63) is 23.2 Å². The van der Waals surface area contributed by atoms with E-state index in [0.717, 1.165) is 23.9 Å². The maximum Gasteiger partial charge on any atom is 0.501 e. The molecule has 21 heavy (non-hydrogen) atoms. The minimum atomic E-state index is -5.52. The van der Waals surface area contributed by atoms with Gasteiger partial charge in [-0.05, 0) is 24.5 Å². The zero-order valence-corrected chi connectivity index (χ0v) is 12.7. The normalized spacial score (nSPS) is 12.9. The maximum atomic E-state index is 12.4. The van der Waals surface area contributed by atoms with Crippen LogP contribution in [0.1, 0.15) is 0 Å². The summed E-state index contributed by atoms with van der Waals surface area (Å²) in [4.78, 5) is 2.85. The number of hydrogen-bond acceptors (Lipinski definition) is 5. The molecule has 0 atom stereocenters. The van der Waals surface area contributed by atoms with E-state index < -0.39 is 25.3 Å². The lowest BCUT2D eigenvalue weighted by molar-refractivity contribution is -0.0436. The van der Waals surface area contributed by atoms with Crippen LogP contribution in [0.25, 0.3) is 0 Å². The number of thioether (sulfide) groups is 1. The van der Waals surface area contributed by atoms with Crippen LogP contribution in [0.15, 0.2) is 28.1 Å². The van der Waals surface area contributed by atoms with E-state index in [1.165, 1.54) is 0 Å². The third-order valence-electron chi connectivity index (χ3n) is 2.10. The summed E-state index contributed by atoms with van der Waals surface area (Å²) < 4.78 is 59.8. The second-order valence-electron chi connectivity index (χ2n) is 3.42. The molecule has 0 radical (unpaired) electrons. The summed E-state index contributed by atoms with van der Waals surface area (Å²) in [6.45, 7) is 0. The monoisotopic (exact) mass is 357 g/mol. The molecule has 0 amide bonds. The summed E-state index contributed by atoms with van der Waals surface area (Å²) in [6, 6.07) is 2.74. The standard InChI is InChI=1S/C10H7ClF3N3O2S2/c1-20-9(16-5-15)17-6-2-3-8(7(11)4-6)21(18,19)10(12,13)14/h2-4H,1H3,(H,16,17). The van der Waals surface area contributed by atoms with Gasteiger partial charge in [0.2, 0.25) is 0 Å². The van der Waals surface area contributed by atoms with E-state index in [9.17, 15) is 21.6 Å². The Bertz CT molecular complexity index is 711. The van der Waals surface area contributed by atoms with E-state index in [-0.39, 0.29) is 10.9 Å². The van der Waals surface area contributed by atoms with Gasteiger partial charge in [-0.15, -0.1) is 0 Å². The first-order chi connectivity index (χ1) is 9.63. The van der Waals surface area contributed by atoms with Crippen molar-refractivity contribution in [1.29, 1.82) is 5.26 Å². The highest BCUT2D eigenvalue weighted by Gasteiger charge is 2.47. The van der Waals surface area contributed by atoms with Crippen LogP contribution < -0.4 is 5.32 Å². The summed E-state index contributed by atoms with van der Waals surface area (Å²) in [6.07, 6.45) is 3.25. The molecule has 0 heterocycles. The van der Waals surface area contributed by atoms with Crippen molar-refractivity contribution in [1.82, 2.24) is 5.32 Å². The van der Waals surface area contributed by atoms with E-state index in [1.54, 1.807) is 12.4 Å². The number of halogens is 4. The molecule has 0 bridgehead atoms. The molecule has 1 rings (SSSR count). The van der Waals surface area contributed by atoms with Crippen LogP contribution in [0.3, 0.4) is 0 Å². The molecule has 5 nitrogen and oxygen atoms in total. The molecule has 0 aliphatic carbocycles. The predicted molar refractivity (Wildman–Crippen MR) is 74.1 cm³/mol. The topological polar surface area (TPSA) is 82.3 Å². The Morgan fingerprint density at radius 1 is 1.48 bits per heavy atom. The van der Waals surface area contributed by atoms with Crippen molar-refractivity contribution in [2.45, 2.75) is 10.4 Å². The first-order valence-electron chi connectivity index (χ1n) is 5.02. The van der Waals surface area contributed by atoms with E-state index in [1.807, 2.05) is 0 Å². The Morgan fingerprint density at radius 2 is 2.10 bits per heavy atom. The molecule has 0 fully saturated rings. The van der Waals surface area contributed by atoms with Crippen LogP contribution in [0.4, 0.5) is 18.9 Å². The minimum Gasteiger partial charge on any atom is -0.271 e. The van der Waals surface area contributed by atoms with Crippen LogP contribution in [-0.4, -0.2) is 25.3 Å². The Morgan fingerprint density at radius 3 is 2.52 bits per heavy atom. The first-order valence-corrected chi connectivity index (χ1v) is 8.10. The van der Waals surface area contributed by atoms with Gasteiger partial charge in [0.15, 0.2) is 11.4 Å². The Hall–Kier alpha value is -1.44. The highest BCUT2D eigenvalue weighted by Crippen LogP contribution is 2.35. The SMILES string of the molecule is CSC(=Nc1ccc(S(=O)(=O)C(F)(F)F)c(Cl)c1)NC#N. The molecule has 0 aliphatic rings. The van der Waals surface area contributed by atoms with Gasteiger partial charge in [-0.2, -0.15) is 18.4 Å². The molecule has 114 valence electrons. The quantitative estimate of drug-likeness (QED) is 0.381. The predicted octanol–water partition coefficient (Wildman–Crippen LogP) is 3.05. The van der Waals surface area contributed by atoms with Crippen LogP contribution in [-0.2, 0) is 9.84 Å². The first kappa shape index (κ1) is 17.6. The number of amidine groups is 1. The molecular weight excluding hydrogens is 351 g/mol. The van der Waals surface area contributed by atoms with Gasteiger partial charge in [0.05, 0.1) is 15.6 Å². The molecule has 1 aromatic carbocycles. The number of sulfone groups is 1. The largest absolute Gasteiger partial charge is 0.501 e. The number of rotatable bonds is 2. The van der Waals surface area contributed by atoms with Crippen molar-refractivity contribution in [2.75, 3.05) is 6.26 Å². The number of nitriles is 1. The molecule has 11 heteroatoms. The van der Waals surface area contributed by atoms with Gasteiger partial charge in [-0.1, -0.05) is 23.4 Å². The second-order valence-corrected chi connectivity index (χ2v) is 6.53. The van der Waals surface area contributed by atoms with E-state index in [2.05, 4.69) is 10.3 Å². The third kappa shape index (κ3) is 4.03. The fraction of sp³-hybridized carbons (Fsp3) is 0.200. The fourth-order valence-corrected chi connectivity index (χ4v) is 2.83. The van der Waals surface area contributed by atoms with Gasteiger partial charge < -0.3 is 0 Å². The van der Waals surface area contributed by atoms with Crippen molar-refractivity contribution in [3.8, 4) is 6.19 Å². The summed E-state index contributed by atoms with van der Waals surface area (Å²) >= 11 is 6.67. The minimum absolute atomic E-state index is 0.105. The van der Waals surface area contributed by atoms with Crippen molar-refractivity contribution in [2.24, 2.45) is 4.99 Å². The Kier molecular flexibility index (Phi) is 5.49. The van der Waals surface area contributed by atoms with Gasteiger partial charge in [-0.25, -0.2) is 13.4 Å².